The molecule has 0 aliphatic carbocycles. The Hall–Kier alpha value is -2.56. The molecule has 108 valence electrons. The van der Waals surface area contributed by atoms with E-state index in [4.69, 9.17) is 5.73 Å². The molecule has 2 N–H and O–H groups in total. The Kier molecular flexibility index (Phi) is 4.12. The summed E-state index contributed by atoms with van der Waals surface area (Å²) in [6, 6.07) is 11.9. The fourth-order valence-corrected chi connectivity index (χ4v) is 1.88. The third kappa shape index (κ3) is 3.95. The molecule has 0 spiro atoms. The van der Waals surface area contributed by atoms with E-state index in [2.05, 4.69) is 0 Å². The summed E-state index contributed by atoms with van der Waals surface area (Å²) in [5.41, 5.74) is 6.08. The van der Waals surface area contributed by atoms with Crippen molar-refractivity contribution in [3.05, 3.63) is 65.7 Å². The Morgan fingerprint density at radius 1 is 1.00 bits per heavy atom. The Labute approximate surface area is 119 Å². The maximum atomic E-state index is 12.7. The molecule has 0 fully saturated rings. The number of carbonyl (C=O) groups is 1. The maximum Gasteiger partial charge on any atom is 0.416 e. The summed E-state index contributed by atoms with van der Waals surface area (Å²) in [5.74, 6) is -0.584. The van der Waals surface area contributed by atoms with Crippen LogP contribution in [0.5, 0.6) is 0 Å². The number of carbonyl (C=O) groups excluding carboxylic acids is 1. The Balaban J connectivity index is 2.39. The zero-order valence-corrected chi connectivity index (χ0v) is 10.9. The summed E-state index contributed by atoms with van der Waals surface area (Å²) >= 11 is 0. The highest BCUT2D eigenvalue weighted by molar-refractivity contribution is 5.90. The van der Waals surface area contributed by atoms with E-state index < -0.39 is 17.6 Å². The zero-order valence-electron chi connectivity index (χ0n) is 10.9. The van der Waals surface area contributed by atoms with Crippen LogP contribution in [0, 0.1) is 0 Å². The standard InChI is InChI=1S/C16H12F3NO/c17-16(18,19)14-6-2-5-13(10-14)12-4-1-3-11(9-12)7-8-15(20)21/h1-10H,(H2,20,21)/b8-7-. The van der Waals surface area contributed by atoms with E-state index in [1.54, 1.807) is 30.3 Å². The van der Waals surface area contributed by atoms with E-state index in [-0.39, 0.29) is 0 Å². The van der Waals surface area contributed by atoms with Crippen LogP contribution in [0.1, 0.15) is 11.1 Å². The number of halogens is 3. The molecule has 2 aromatic carbocycles. The second kappa shape index (κ2) is 5.83. The minimum absolute atomic E-state index is 0.458. The number of nitrogens with two attached hydrogens (primary N) is 1. The quantitative estimate of drug-likeness (QED) is 0.857. The topological polar surface area (TPSA) is 43.1 Å². The van der Waals surface area contributed by atoms with Gasteiger partial charge in [-0.25, -0.2) is 0 Å². The van der Waals surface area contributed by atoms with Crippen molar-refractivity contribution in [2.75, 3.05) is 0 Å². The molecule has 0 atom stereocenters. The molecule has 2 nitrogen and oxygen atoms in total. The van der Waals surface area contributed by atoms with Crippen LogP contribution in [0.3, 0.4) is 0 Å². The maximum absolute atomic E-state index is 12.7. The molecule has 21 heavy (non-hydrogen) atoms. The molecule has 0 bridgehead atoms. The van der Waals surface area contributed by atoms with Gasteiger partial charge in [-0.2, -0.15) is 13.2 Å². The summed E-state index contributed by atoms with van der Waals surface area (Å²) < 4.78 is 38.1. The SMILES string of the molecule is NC(=O)/C=C\c1cccc(-c2cccc(C(F)(F)F)c2)c1. The summed E-state index contributed by atoms with van der Waals surface area (Å²) in [7, 11) is 0. The lowest BCUT2D eigenvalue weighted by atomic mass is 10.0. The first-order valence-corrected chi connectivity index (χ1v) is 6.11. The molecule has 0 saturated carbocycles. The number of alkyl halides is 3. The van der Waals surface area contributed by atoms with Crippen LogP contribution in [0.15, 0.2) is 54.6 Å². The van der Waals surface area contributed by atoms with Crippen LogP contribution in [-0.4, -0.2) is 5.91 Å². The number of primary amides is 1. The molecular formula is C16H12F3NO. The van der Waals surface area contributed by atoms with Gasteiger partial charge < -0.3 is 5.73 Å². The van der Waals surface area contributed by atoms with Gasteiger partial charge in [-0.1, -0.05) is 30.3 Å². The second-order valence-electron chi connectivity index (χ2n) is 4.44. The summed E-state index contributed by atoms with van der Waals surface area (Å²) in [5, 5.41) is 0. The lowest BCUT2D eigenvalue weighted by Crippen LogP contribution is -2.05. The van der Waals surface area contributed by atoms with Crippen molar-refractivity contribution in [3.63, 3.8) is 0 Å². The van der Waals surface area contributed by atoms with Gasteiger partial charge in [0.2, 0.25) is 5.91 Å². The number of hydrogen-bond acceptors (Lipinski definition) is 1. The summed E-state index contributed by atoms with van der Waals surface area (Å²) in [6.07, 6.45) is -1.66. The molecule has 5 heteroatoms. The first-order chi connectivity index (χ1) is 9.86. The second-order valence-corrected chi connectivity index (χ2v) is 4.44. The lowest BCUT2D eigenvalue weighted by Gasteiger charge is -2.09. The minimum atomic E-state index is -4.38. The van der Waals surface area contributed by atoms with Gasteiger partial charge in [0, 0.05) is 6.08 Å². The van der Waals surface area contributed by atoms with E-state index in [9.17, 15) is 18.0 Å². The Morgan fingerprint density at radius 2 is 1.62 bits per heavy atom. The molecule has 0 saturated heterocycles. The number of hydrogen-bond donors (Lipinski definition) is 1. The van der Waals surface area contributed by atoms with Crippen molar-refractivity contribution >= 4 is 12.0 Å². The van der Waals surface area contributed by atoms with Gasteiger partial charge in [0.1, 0.15) is 0 Å². The molecule has 0 aliphatic heterocycles. The third-order valence-electron chi connectivity index (χ3n) is 2.85. The van der Waals surface area contributed by atoms with Gasteiger partial charge in [-0.05, 0) is 41.0 Å². The molecule has 2 rings (SSSR count). The highest BCUT2D eigenvalue weighted by atomic mass is 19.4. The van der Waals surface area contributed by atoms with Gasteiger partial charge in [0.05, 0.1) is 5.56 Å². The van der Waals surface area contributed by atoms with Gasteiger partial charge in [0.15, 0.2) is 0 Å². The summed E-state index contributed by atoms with van der Waals surface area (Å²) in [6.45, 7) is 0. The molecule has 0 radical (unpaired) electrons. The molecule has 0 heterocycles. The summed E-state index contributed by atoms with van der Waals surface area (Å²) in [4.78, 5) is 10.7. The van der Waals surface area contributed by atoms with E-state index in [1.165, 1.54) is 18.2 Å². The third-order valence-corrected chi connectivity index (χ3v) is 2.85. The molecule has 1 amide bonds. The first-order valence-electron chi connectivity index (χ1n) is 6.11. The predicted octanol–water partition coefficient (Wildman–Crippen LogP) is 3.87. The van der Waals surface area contributed by atoms with Crippen LogP contribution in [0.4, 0.5) is 13.2 Å². The number of rotatable bonds is 3. The van der Waals surface area contributed by atoms with Crippen molar-refractivity contribution < 1.29 is 18.0 Å². The predicted molar refractivity (Wildman–Crippen MR) is 75.1 cm³/mol. The molecule has 2 aromatic rings. The van der Waals surface area contributed by atoms with Gasteiger partial charge in [0.25, 0.3) is 0 Å². The highest BCUT2D eigenvalue weighted by Crippen LogP contribution is 2.32. The smallest absolute Gasteiger partial charge is 0.366 e. The minimum Gasteiger partial charge on any atom is -0.366 e. The van der Waals surface area contributed by atoms with Crippen molar-refractivity contribution in [2.24, 2.45) is 5.73 Å². The Bertz CT molecular complexity index is 690. The van der Waals surface area contributed by atoms with Crippen LogP contribution in [0.25, 0.3) is 17.2 Å². The molecule has 0 aliphatic rings. The lowest BCUT2D eigenvalue weighted by molar-refractivity contribution is -0.137. The zero-order chi connectivity index (χ0) is 15.5. The average molecular weight is 291 g/mol. The number of amides is 1. The normalized spacial score (nSPS) is 11.8. The van der Waals surface area contributed by atoms with Crippen molar-refractivity contribution in [1.82, 2.24) is 0 Å². The molecule has 0 aromatic heterocycles. The Morgan fingerprint density at radius 3 is 2.24 bits per heavy atom. The van der Waals surface area contributed by atoms with Crippen LogP contribution >= 0.6 is 0 Å². The molecular weight excluding hydrogens is 279 g/mol. The van der Waals surface area contributed by atoms with E-state index in [0.717, 1.165) is 12.1 Å². The van der Waals surface area contributed by atoms with Crippen LogP contribution in [-0.2, 0) is 11.0 Å². The van der Waals surface area contributed by atoms with E-state index in [1.807, 2.05) is 0 Å². The van der Waals surface area contributed by atoms with E-state index in [0.29, 0.717) is 16.7 Å². The van der Waals surface area contributed by atoms with Crippen molar-refractivity contribution in [1.29, 1.82) is 0 Å². The number of benzene rings is 2. The van der Waals surface area contributed by atoms with E-state index >= 15 is 0 Å². The first kappa shape index (κ1) is 14.8. The van der Waals surface area contributed by atoms with Crippen LogP contribution in [0.2, 0.25) is 0 Å². The van der Waals surface area contributed by atoms with Crippen LogP contribution < -0.4 is 5.73 Å². The van der Waals surface area contributed by atoms with Crippen molar-refractivity contribution in [3.8, 4) is 11.1 Å². The average Bonchev–Trinajstić information content (AvgIpc) is 2.45. The monoisotopic (exact) mass is 291 g/mol. The van der Waals surface area contributed by atoms with Crippen molar-refractivity contribution in [2.45, 2.75) is 6.18 Å². The van der Waals surface area contributed by atoms with Gasteiger partial charge >= 0.3 is 6.18 Å². The largest absolute Gasteiger partial charge is 0.416 e. The highest BCUT2D eigenvalue weighted by Gasteiger charge is 2.30. The molecule has 0 unspecified atom stereocenters. The van der Waals surface area contributed by atoms with Gasteiger partial charge in [-0.3, -0.25) is 4.79 Å². The fraction of sp³-hybridized carbons (Fsp3) is 0.0625. The fourth-order valence-electron chi connectivity index (χ4n) is 1.88. The van der Waals surface area contributed by atoms with Gasteiger partial charge in [-0.15, -0.1) is 0 Å².